The van der Waals surface area contributed by atoms with Gasteiger partial charge in [0.15, 0.2) is 0 Å². The summed E-state index contributed by atoms with van der Waals surface area (Å²) in [5.41, 5.74) is 0.898. The zero-order chi connectivity index (χ0) is 17.6. The van der Waals surface area contributed by atoms with Crippen molar-refractivity contribution < 1.29 is 9.85 Å². The molecule has 2 rings (SSSR count). The van der Waals surface area contributed by atoms with Crippen LogP contribution in [-0.4, -0.2) is 9.85 Å². The quantitative estimate of drug-likeness (QED) is 0.580. The number of rotatable bonds is 4. The molecule has 1 aromatic carbocycles. The lowest BCUT2D eigenvalue weighted by atomic mass is 9.59. The highest BCUT2D eigenvalue weighted by molar-refractivity contribution is 5.65. The van der Waals surface area contributed by atoms with Crippen LogP contribution in [-0.2, 0) is 10.8 Å². The highest BCUT2D eigenvalue weighted by Crippen LogP contribution is 2.54. The molecule has 1 aliphatic rings. The van der Waals surface area contributed by atoms with Crippen LogP contribution in [0.4, 0.5) is 11.4 Å². The summed E-state index contributed by atoms with van der Waals surface area (Å²) in [6.45, 7) is 9.66. The van der Waals surface area contributed by atoms with Crippen molar-refractivity contribution in [2.75, 3.05) is 0 Å². The van der Waals surface area contributed by atoms with Crippen LogP contribution in [0.25, 0.3) is 0 Å². The van der Waals surface area contributed by atoms with Gasteiger partial charge < -0.3 is 0 Å². The van der Waals surface area contributed by atoms with Gasteiger partial charge in [0.1, 0.15) is 5.56 Å². The second kappa shape index (κ2) is 5.58. The first-order chi connectivity index (χ1) is 10.6. The van der Waals surface area contributed by atoms with E-state index in [0.29, 0.717) is 5.56 Å². The molecule has 6 heteroatoms. The van der Waals surface area contributed by atoms with Crippen molar-refractivity contribution in [2.24, 2.45) is 0 Å². The van der Waals surface area contributed by atoms with E-state index in [9.17, 15) is 20.2 Å². The van der Waals surface area contributed by atoms with E-state index in [1.807, 2.05) is 20.8 Å². The summed E-state index contributed by atoms with van der Waals surface area (Å²) in [6.07, 6.45) is 3.33. The Labute approximate surface area is 136 Å². The van der Waals surface area contributed by atoms with E-state index in [1.165, 1.54) is 6.92 Å². The Hall–Kier alpha value is -1.98. The fourth-order valence-corrected chi connectivity index (χ4v) is 3.79. The van der Waals surface area contributed by atoms with Crippen molar-refractivity contribution in [1.29, 1.82) is 0 Å². The predicted octanol–water partition coefficient (Wildman–Crippen LogP) is 4.94. The molecule has 23 heavy (non-hydrogen) atoms. The smallest absolute Gasteiger partial charge is 0.258 e. The number of hydrogen-bond donors (Lipinski definition) is 0. The third-order valence-corrected chi connectivity index (χ3v) is 5.95. The third-order valence-electron chi connectivity index (χ3n) is 5.95. The van der Waals surface area contributed by atoms with Crippen LogP contribution in [0.15, 0.2) is 6.07 Å². The molecule has 0 saturated heterocycles. The Morgan fingerprint density at radius 3 is 2.00 bits per heavy atom. The third kappa shape index (κ3) is 2.50. The molecule has 2 atom stereocenters. The Kier molecular flexibility index (Phi) is 4.22. The van der Waals surface area contributed by atoms with Crippen molar-refractivity contribution in [3.05, 3.63) is 43.0 Å². The molecule has 0 saturated carbocycles. The maximum atomic E-state index is 11.8. The molecular weight excluding hydrogens is 296 g/mol. The fraction of sp³-hybridized carbons (Fsp3) is 0.647. The highest BCUT2D eigenvalue weighted by atomic mass is 16.6. The first-order valence-electron chi connectivity index (χ1n) is 8.08. The van der Waals surface area contributed by atoms with Crippen molar-refractivity contribution in [3.63, 3.8) is 0 Å². The molecule has 0 amide bonds. The Morgan fingerprint density at radius 2 is 1.57 bits per heavy atom. The minimum absolute atomic E-state index is 0.0575. The monoisotopic (exact) mass is 320 g/mol. The molecular formula is C17H24N2O4. The van der Waals surface area contributed by atoms with Gasteiger partial charge in [0, 0.05) is 11.6 Å². The Bertz CT molecular complexity index is 686. The first kappa shape index (κ1) is 17.4. The van der Waals surface area contributed by atoms with Crippen LogP contribution < -0.4 is 0 Å². The highest BCUT2D eigenvalue weighted by Gasteiger charge is 2.47. The van der Waals surface area contributed by atoms with E-state index in [1.54, 1.807) is 6.07 Å². The predicted molar refractivity (Wildman–Crippen MR) is 89.0 cm³/mol. The van der Waals surface area contributed by atoms with Gasteiger partial charge in [0.2, 0.25) is 0 Å². The second-order valence-electron chi connectivity index (χ2n) is 7.13. The van der Waals surface area contributed by atoms with E-state index in [4.69, 9.17) is 0 Å². The van der Waals surface area contributed by atoms with Gasteiger partial charge in [-0.2, -0.15) is 0 Å². The van der Waals surface area contributed by atoms with Crippen molar-refractivity contribution in [3.8, 4) is 0 Å². The first-order valence-corrected chi connectivity index (χ1v) is 8.08. The van der Waals surface area contributed by atoms with E-state index in [2.05, 4.69) is 6.92 Å². The molecule has 126 valence electrons. The van der Waals surface area contributed by atoms with Crippen LogP contribution in [0.5, 0.6) is 0 Å². The number of nitrogens with zero attached hydrogens (tertiary/aromatic N) is 2. The molecule has 0 heterocycles. The summed E-state index contributed by atoms with van der Waals surface area (Å²) in [5.74, 6) is 0. The Morgan fingerprint density at radius 1 is 1.04 bits per heavy atom. The molecule has 1 aromatic rings. The lowest BCUT2D eigenvalue weighted by molar-refractivity contribution is -0.396. The van der Waals surface area contributed by atoms with Gasteiger partial charge in [-0.3, -0.25) is 20.2 Å². The lowest BCUT2D eigenvalue weighted by Crippen LogP contribution is -2.37. The summed E-state index contributed by atoms with van der Waals surface area (Å²) in [6, 6.07) is 1.59. The molecule has 6 nitrogen and oxygen atoms in total. The maximum Gasteiger partial charge on any atom is 0.283 e. The average molecular weight is 320 g/mol. The molecule has 0 aromatic heterocycles. The minimum Gasteiger partial charge on any atom is -0.258 e. The minimum atomic E-state index is -0.503. The number of hydrogen-bond acceptors (Lipinski definition) is 4. The normalized spacial score (nSPS) is 26.7. The van der Waals surface area contributed by atoms with Crippen LogP contribution in [0.1, 0.15) is 70.1 Å². The number of fused-ring (bicyclic) bond motifs is 1. The molecule has 0 fully saturated rings. The van der Waals surface area contributed by atoms with Gasteiger partial charge >= 0.3 is 0 Å². The van der Waals surface area contributed by atoms with Gasteiger partial charge in [-0.15, -0.1) is 0 Å². The SMILES string of the molecule is CC[C@]1(C)CC[C@](C)(CC)c2c1cc([N+](=O)[O-])c(C)c2[N+](=O)[O-]. The van der Waals surface area contributed by atoms with Gasteiger partial charge in [-0.1, -0.05) is 27.7 Å². The van der Waals surface area contributed by atoms with E-state index >= 15 is 0 Å². The van der Waals surface area contributed by atoms with Gasteiger partial charge in [-0.25, -0.2) is 0 Å². The topological polar surface area (TPSA) is 86.3 Å². The van der Waals surface area contributed by atoms with Crippen molar-refractivity contribution >= 4 is 11.4 Å². The maximum absolute atomic E-state index is 11.8. The van der Waals surface area contributed by atoms with Crippen molar-refractivity contribution in [2.45, 2.75) is 71.1 Å². The largest absolute Gasteiger partial charge is 0.283 e. The van der Waals surface area contributed by atoms with Crippen LogP contribution in [0, 0.1) is 27.2 Å². The van der Waals surface area contributed by atoms with Gasteiger partial charge in [0.25, 0.3) is 11.4 Å². The number of benzene rings is 1. The lowest BCUT2D eigenvalue weighted by Gasteiger charge is -2.44. The van der Waals surface area contributed by atoms with Crippen LogP contribution >= 0.6 is 0 Å². The number of nitro groups is 2. The summed E-state index contributed by atoms with van der Waals surface area (Å²) in [7, 11) is 0. The number of nitro benzene ring substituents is 2. The zero-order valence-electron chi connectivity index (χ0n) is 14.4. The average Bonchev–Trinajstić information content (AvgIpc) is 2.50. The van der Waals surface area contributed by atoms with E-state index in [-0.39, 0.29) is 27.8 Å². The molecule has 1 aliphatic carbocycles. The summed E-state index contributed by atoms with van der Waals surface area (Å²) in [5, 5.41) is 23.2. The van der Waals surface area contributed by atoms with Crippen LogP contribution in [0.2, 0.25) is 0 Å². The Balaban J connectivity index is 2.98. The van der Waals surface area contributed by atoms with Gasteiger partial charge in [-0.05, 0) is 49.0 Å². The molecule has 0 radical (unpaired) electrons. The van der Waals surface area contributed by atoms with Crippen LogP contribution in [0.3, 0.4) is 0 Å². The van der Waals surface area contributed by atoms with Crippen molar-refractivity contribution in [1.82, 2.24) is 0 Å². The second-order valence-corrected chi connectivity index (χ2v) is 7.13. The van der Waals surface area contributed by atoms with E-state index in [0.717, 1.165) is 31.2 Å². The fourth-order valence-electron chi connectivity index (χ4n) is 3.79. The molecule has 0 aliphatic heterocycles. The molecule has 0 spiro atoms. The van der Waals surface area contributed by atoms with E-state index < -0.39 is 9.85 Å². The standard InChI is InChI=1S/C17H24N2O4/c1-6-16(4)8-9-17(5,7-2)14-12(16)10-13(18(20)21)11(3)15(14)19(22)23/h10H,6-9H2,1-5H3/t16-,17+/m1/s1. The zero-order valence-corrected chi connectivity index (χ0v) is 14.4. The summed E-state index contributed by atoms with van der Waals surface area (Å²) >= 11 is 0. The molecule has 0 bridgehead atoms. The molecule has 0 N–H and O–H groups in total. The summed E-state index contributed by atoms with van der Waals surface area (Å²) < 4.78 is 0. The molecule has 0 unspecified atom stereocenters. The summed E-state index contributed by atoms with van der Waals surface area (Å²) in [4.78, 5) is 22.2. The van der Waals surface area contributed by atoms with Gasteiger partial charge in [0.05, 0.1) is 9.85 Å².